The van der Waals surface area contributed by atoms with Crippen molar-refractivity contribution >= 4 is 17.2 Å². The molecule has 1 aliphatic carbocycles. The van der Waals surface area contributed by atoms with Crippen molar-refractivity contribution in [2.24, 2.45) is 0 Å². The number of aliphatic hydroxyl groups is 1. The predicted octanol–water partition coefficient (Wildman–Crippen LogP) is 1.45. The van der Waals surface area contributed by atoms with Crippen LogP contribution >= 0.6 is 11.3 Å². The first-order valence-corrected chi connectivity index (χ1v) is 8.37. The summed E-state index contributed by atoms with van der Waals surface area (Å²) >= 11 is 1.48. The number of thiophene rings is 1. The molecule has 1 aliphatic heterocycles. The first-order chi connectivity index (χ1) is 10.3. The van der Waals surface area contributed by atoms with Crippen LogP contribution in [0.3, 0.4) is 0 Å². The Kier molecular flexibility index (Phi) is 4.59. The third kappa shape index (κ3) is 3.85. The minimum atomic E-state index is 0.00380. The van der Waals surface area contributed by atoms with E-state index in [1.807, 2.05) is 11.4 Å². The highest BCUT2D eigenvalue weighted by atomic mass is 32.1. The lowest BCUT2D eigenvalue weighted by molar-refractivity contribution is 0.0938. The molecular formula is C16H20N2O2S. The van der Waals surface area contributed by atoms with E-state index in [0.29, 0.717) is 12.0 Å². The van der Waals surface area contributed by atoms with Crippen LogP contribution in [-0.2, 0) is 0 Å². The molecule has 4 nitrogen and oxygen atoms in total. The second-order valence-electron chi connectivity index (χ2n) is 5.66. The quantitative estimate of drug-likeness (QED) is 0.828. The predicted molar refractivity (Wildman–Crippen MR) is 83.4 cm³/mol. The molecule has 0 spiro atoms. The van der Waals surface area contributed by atoms with E-state index in [-0.39, 0.29) is 18.6 Å². The maximum absolute atomic E-state index is 12.2. The maximum atomic E-state index is 12.2. The standard InChI is InChI=1S/C16H20N2O2S/c19-8-2-1-3-15-9-12(11-21-15)16(20)17-13-6-7-18(10-13)14-4-5-14/h9,11,13-14,19H,2,4-8,10H2,(H,17,20). The number of carbonyl (C=O) groups excluding carboxylic acids is 1. The topological polar surface area (TPSA) is 52.6 Å². The van der Waals surface area contributed by atoms with E-state index in [1.165, 1.54) is 24.2 Å². The van der Waals surface area contributed by atoms with Crippen LogP contribution in [0, 0.1) is 11.8 Å². The third-order valence-corrected chi connectivity index (χ3v) is 4.77. The molecule has 5 heteroatoms. The lowest BCUT2D eigenvalue weighted by Gasteiger charge is -2.15. The molecule has 112 valence electrons. The van der Waals surface area contributed by atoms with Gasteiger partial charge in [0.05, 0.1) is 17.0 Å². The van der Waals surface area contributed by atoms with Gasteiger partial charge in [0.25, 0.3) is 5.91 Å². The van der Waals surface area contributed by atoms with Crippen molar-refractivity contribution in [3.8, 4) is 11.8 Å². The average molecular weight is 304 g/mol. The van der Waals surface area contributed by atoms with E-state index < -0.39 is 0 Å². The van der Waals surface area contributed by atoms with Gasteiger partial charge in [0.15, 0.2) is 0 Å². The second-order valence-corrected chi connectivity index (χ2v) is 6.57. The van der Waals surface area contributed by atoms with E-state index in [4.69, 9.17) is 5.11 Å². The number of hydrogen-bond donors (Lipinski definition) is 2. The Morgan fingerprint density at radius 3 is 3.10 bits per heavy atom. The number of rotatable bonds is 4. The molecule has 0 aromatic carbocycles. The minimum Gasteiger partial charge on any atom is -0.395 e. The Balaban J connectivity index is 1.52. The van der Waals surface area contributed by atoms with Gasteiger partial charge >= 0.3 is 0 Å². The molecule has 1 aromatic heterocycles. The van der Waals surface area contributed by atoms with Crippen molar-refractivity contribution in [1.29, 1.82) is 0 Å². The Labute approximate surface area is 129 Å². The van der Waals surface area contributed by atoms with Crippen LogP contribution in [0.15, 0.2) is 11.4 Å². The number of likely N-dealkylation sites (tertiary alicyclic amines) is 1. The summed E-state index contributed by atoms with van der Waals surface area (Å²) in [5, 5.41) is 13.7. The Bertz CT molecular complexity index is 568. The molecule has 3 rings (SSSR count). The van der Waals surface area contributed by atoms with Gasteiger partial charge in [-0.1, -0.05) is 11.8 Å². The second kappa shape index (κ2) is 6.61. The van der Waals surface area contributed by atoms with Gasteiger partial charge in [-0.25, -0.2) is 0 Å². The Hall–Kier alpha value is -1.35. The first kappa shape index (κ1) is 14.6. The van der Waals surface area contributed by atoms with Crippen LogP contribution in [-0.4, -0.2) is 47.7 Å². The van der Waals surface area contributed by atoms with Crippen molar-refractivity contribution in [1.82, 2.24) is 10.2 Å². The summed E-state index contributed by atoms with van der Waals surface area (Å²) in [6, 6.07) is 2.89. The monoisotopic (exact) mass is 304 g/mol. The fourth-order valence-corrected chi connectivity index (χ4v) is 3.43. The molecule has 1 saturated carbocycles. The summed E-state index contributed by atoms with van der Waals surface area (Å²) in [6.45, 7) is 2.17. The Morgan fingerprint density at radius 2 is 2.33 bits per heavy atom. The fourth-order valence-electron chi connectivity index (χ4n) is 2.67. The number of nitrogens with one attached hydrogen (secondary N) is 1. The van der Waals surface area contributed by atoms with E-state index in [9.17, 15) is 4.79 Å². The molecule has 1 saturated heterocycles. The molecule has 1 aromatic rings. The van der Waals surface area contributed by atoms with Crippen molar-refractivity contribution in [3.63, 3.8) is 0 Å². The minimum absolute atomic E-state index is 0.00380. The van der Waals surface area contributed by atoms with Crippen LogP contribution < -0.4 is 5.32 Å². The van der Waals surface area contributed by atoms with E-state index in [0.717, 1.165) is 30.4 Å². The van der Waals surface area contributed by atoms with E-state index in [2.05, 4.69) is 22.1 Å². The Morgan fingerprint density at radius 1 is 1.48 bits per heavy atom. The molecule has 21 heavy (non-hydrogen) atoms. The molecule has 1 atom stereocenters. The summed E-state index contributed by atoms with van der Waals surface area (Å²) in [5.74, 6) is 5.84. The van der Waals surface area contributed by atoms with Crippen molar-refractivity contribution in [3.05, 3.63) is 21.9 Å². The fraction of sp³-hybridized carbons (Fsp3) is 0.562. The smallest absolute Gasteiger partial charge is 0.252 e. The largest absolute Gasteiger partial charge is 0.395 e. The van der Waals surface area contributed by atoms with Crippen molar-refractivity contribution in [2.75, 3.05) is 19.7 Å². The lowest BCUT2D eigenvalue weighted by atomic mass is 10.2. The zero-order valence-corrected chi connectivity index (χ0v) is 12.8. The van der Waals surface area contributed by atoms with E-state index in [1.54, 1.807) is 0 Å². The lowest BCUT2D eigenvalue weighted by Crippen LogP contribution is -2.37. The highest BCUT2D eigenvalue weighted by molar-refractivity contribution is 7.10. The van der Waals surface area contributed by atoms with Gasteiger partial charge < -0.3 is 10.4 Å². The maximum Gasteiger partial charge on any atom is 0.252 e. The normalized spacial score (nSPS) is 21.9. The molecule has 2 heterocycles. The summed E-state index contributed by atoms with van der Waals surface area (Å²) in [7, 11) is 0. The number of amides is 1. The van der Waals surface area contributed by atoms with Crippen LogP contribution in [0.1, 0.15) is 40.9 Å². The molecule has 1 amide bonds. The van der Waals surface area contributed by atoms with Gasteiger partial charge in [0, 0.05) is 37.0 Å². The zero-order chi connectivity index (χ0) is 14.7. The SMILES string of the molecule is O=C(NC1CCN(C2CC2)C1)c1csc(C#CCCO)c1. The summed E-state index contributed by atoms with van der Waals surface area (Å²) in [5.41, 5.74) is 0.693. The van der Waals surface area contributed by atoms with E-state index >= 15 is 0 Å². The number of carbonyl (C=O) groups is 1. The molecule has 0 bridgehead atoms. The van der Waals surface area contributed by atoms with Crippen LogP contribution in [0.5, 0.6) is 0 Å². The van der Waals surface area contributed by atoms with Gasteiger partial charge in [-0.2, -0.15) is 0 Å². The highest BCUT2D eigenvalue weighted by Crippen LogP contribution is 2.29. The summed E-state index contributed by atoms with van der Waals surface area (Å²) in [6.07, 6.45) is 4.16. The van der Waals surface area contributed by atoms with Crippen LogP contribution in [0.2, 0.25) is 0 Å². The zero-order valence-electron chi connectivity index (χ0n) is 12.0. The van der Waals surface area contributed by atoms with Gasteiger partial charge in [0.1, 0.15) is 0 Å². The van der Waals surface area contributed by atoms with Crippen LogP contribution in [0.25, 0.3) is 0 Å². The molecular weight excluding hydrogens is 284 g/mol. The summed E-state index contributed by atoms with van der Waals surface area (Å²) < 4.78 is 0. The molecule has 2 aliphatic rings. The van der Waals surface area contributed by atoms with Gasteiger partial charge in [-0.05, 0) is 25.3 Å². The van der Waals surface area contributed by atoms with Gasteiger partial charge in [0.2, 0.25) is 0 Å². The van der Waals surface area contributed by atoms with Gasteiger partial charge in [-0.3, -0.25) is 9.69 Å². The van der Waals surface area contributed by atoms with Crippen LogP contribution in [0.4, 0.5) is 0 Å². The molecule has 0 radical (unpaired) electrons. The number of nitrogens with zero attached hydrogens (tertiary/aromatic N) is 1. The number of hydrogen-bond acceptors (Lipinski definition) is 4. The molecule has 1 unspecified atom stereocenters. The molecule has 2 N–H and O–H groups in total. The van der Waals surface area contributed by atoms with Crippen molar-refractivity contribution in [2.45, 2.75) is 37.8 Å². The average Bonchev–Trinajstić information content (AvgIpc) is 3.04. The van der Waals surface area contributed by atoms with Gasteiger partial charge in [-0.15, -0.1) is 11.3 Å². The third-order valence-electron chi connectivity index (χ3n) is 3.93. The number of aliphatic hydroxyl groups excluding tert-OH is 1. The van der Waals surface area contributed by atoms with Crippen molar-refractivity contribution < 1.29 is 9.90 Å². The molecule has 2 fully saturated rings. The first-order valence-electron chi connectivity index (χ1n) is 7.49. The highest BCUT2D eigenvalue weighted by Gasteiger charge is 2.34. The summed E-state index contributed by atoms with van der Waals surface area (Å²) in [4.78, 5) is 15.6.